The molecule has 4 rings (SSSR count). The second-order valence-electron chi connectivity index (χ2n) is 8.82. The number of carbonyl (C=O) groups excluding carboxylic acids is 1. The van der Waals surface area contributed by atoms with E-state index in [4.69, 9.17) is 14.2 Å². The van der Waals surface area contributed by atoms with Crippen LogP contribution in [0, 0.1) is 3.57 Å². The maximum absolute atomic E-state index is 12.5. The van der Waals surface area contributed by atoms with Crippen LogP contribution in [0.4, 0.5) is 5.82 Å². The first-order chi connectivity index (χ1) is 17.9. The number of esters is 1. The minimum absolute atomic E-state index is 0.158. The fourth-order valence-corrected chi connectivity index (χ4v) is 5.29. The Labute approximate surface area is 230 Å². The van der Waals surface area contributed by atoms with Crippen LogP contribution in [0.1, 0.15) is 43.1 Å². The number of benzene rings is 2. The van der Waals surface area contributed by atoms with Crippen molar-refractivity contribution >= 4 is 45.4 Å². The number of hydrogen-bond acceptors (Lipinski definition) is 7. The molecule has 0 aliphatic heterocycles. The van der Waals surface area contributed by atoms with Crippen molar-refractivity contribution in [1.82, 2.24) is 14.5 Å². The summed E-state index contributed by atoms with van der Waals surface area (Å²) in [5.74, 6) is 1.98. The highest BCUT2D eigenvalue weighted by atomic mass is 127. The van der Waals surface area contributed by atoms with Crippen molar-refractivity contribution in [1.29, 1.82) is 0 Å². The van der Waals surface area contributed by atoms with Gasteiger partial charge in [-0.2, -0.15) is 0 Å². The lowest BCUT2D eigenvalue weighted by Gasteiger charge is -2.14. The van der Waals surface area contributed by atoms with E-state index in [2.05, 4.69) is 56.3 Å². The Balaban J connectivity index is 1.55. The number of carbonyl (C=O) groups is 1. The van der Waals surface area contributed by atoms with E-state index in [0.717, 1.165) is 48.7 Å². The molecular weight excluding hydrogens is 583 g/mol. The lowest BCUT2D eigenvalue weighted by atomic mass is 10.2. The molecule has 0 spiro atoms. The topological polar surface area (TPSA) is 87.5 Å². The van der Waals surface area contributed by atoms with Crippen LogP contribution in [-0.2, 0) is 29.1 Å². The third-order valence-corrected chi connectivity index (χ3v) is 7.25. The summed E-state index contributed by atoms with van der Waals surface area (Å²) in [5, 5.41) is 4.40. The summed E-state index contributed by atoms with van der Waals surface area (Å²) in [6.45, 7) is 5.02. The van der Waals surface area contributed by atoms with Gasteiger partial charge in [-0.25, -0.2) is 9.97 Å². The number of methoxy groups -OCH3 is 2. The monoisotopic (exact) mass is 614 g/mol. The Morgan fingerprint density at radius 1 is 1.08 bits per heavy atom. The highest BCUT2D eigenvalue weighted by Gasteiger charge is 2.22. The SMILES string of the molecule is COc1ccc(CNc2ncnc3c2c(I)c(CCC(=O)OCc2ccccc2)n3C(C)C)c(OC)c1. The summed E-state index contributed by atoms with van der Waals surface area (Å²) in [6.07, 6.45) is 2.40. The molecule has 0 saturated carbocycles. The number of halogens is 1. The third kappa shape index (κ3) is 6.15. The van der Waals surface area contributed by atoms with Gasteiger partial charge in [-0.3, -0.25) is 4.79 Å². The summed E-state index contributed by atoms with van der Waals surface area (Å²) >= 11 is 2.34. The maximum Gasteiger partial charge on any atom is 0.306 e. The largest absolute Gasteiger partial charge is 0.497 e. The van der Waals surface area contributed by atoms with Gasteiger partial charge in [0.2, 0.25) is 0 Å². The Morgan fingerprint density at radius 2 is 1.86 bits per heavy atom. The molecule has 0 amide bonds. The smallest absolute Gasteiger partial charge is 0.306 e. The Morgan fingerprint density at radius 3 is 2.57 bits per heavy atom. The molecule has 2 heterocycles. The van der Waals surface area contributed by atoms with E-state index in [1.165, 1.54) is 0 Å². The predicted molar refractivity (Wildman–Crippen MR) is 152 cm³/mol. The van der Waals surface area contributed by atoms with Crippen molar-refractivity contribution in [3.8, 4) is 11.5 Å². The molecule has 194 valence electrons. The number of rotatable bonds is 11. The second-order valence-corrected chi connectivity index (χ2v) is 9.90. The van der Waals surface area contributed by atoms with Gasteiger partial charge in [0.1, 0.15) is 35.9 Å². The maximum atomic E-state index is 12.5. The van der Waals surface area contributed by atoms with E-state index >= 15 is 0 Å². The molecular formula is C28H31IN4O4. The van der Waals surface area contributed by atoms with Gasteiger partial charge in [0.05, 0.1) is 26.0 Å². The Hall–Kier alpha value is -3.34. The van der Waals surface area contributed by atoms with Gasteiger partial charge in [0.15, 0.2) is 0 Å². The van der Waals surface area contributed by atoms with Gasteiger partial charge in [-0.05, 0) is 60.6 Å². The first-order valence-corrected chi connectivity index (χ1v) is 13.2. The van der Waals surface area contributed by atoms with Crippen LogP contribution < -0.4 is 14.8 Å². The highest BCUT2D eigenvalue weighted by Crippen LogP contribution is 2.34. The molecule has 0 saturated heterocycles. The molecule has 37 heavy (non-hydrogen) atoms. The van der Waals surface area contributed by atoms with E-state index in [9.17, 15) is 4.79 Å². The van der Waals surface area contributed by atoms with E-state index in [-0.39, 0.29) is 25.0 Å². The normalized spacial score (nSPS) is 11.1. The summed E-state index contributed by atoms with van der Waals surface area (Å²) in [4.78, 5) is 21.7. The molecule has 4 aromatic rings. The first kappa shape index (κ1) is 26.7. The summed E-state index contributed by atoms with van der Waals surface area (Å²) in [6, 6.07) is 15.6. The Bertz CT molecular complexity index is 1370. The van der Waals surface area contributed by atoms with Crippen LogP contribution >= 0.6 is 22.6 Å². The summed E-state index contributed by atoms with van der Waals surface area (Å²) in [7, 11) is 3.27. The molecule has 0 unspecified atom stereocenters. The number of aromatic nitrogens is 3. The van der Waals surface area contributed by atoms with Crippen LogP contribution in [0.2, 0.25) is 0 Å². The zero-order chi connectivity index (χ0) is 26.4. The molecule has 0 bridgehead atoms. The van der Waals surface area contributed by atoms with Gasteiger partial charge in [-0.1, -0.05) is 30.3 Å². The van der Waals surface area contributed by atoms with Crippen molar-refractivity contribution in [2.24, 2.45) is 0 Å². The molecule has 0 atom stereocenters. The standard InChI is InChI=1S/C28H31IN4O4/c1-18(2)33-22(12-13-24(34)37-16-19-8-6-5-7-9-19)26(29)25-27(31-17-32-28(25)33)30-15-20-10-11-21(35-3)14-23(20)36-4/h5-11,14,17-18H,12-13,15-16H2,1-4H3,(H,30,31,32). The van der Waals surface area contributed by atoms with Gasteiger partial charge >= 0.3 is 5.97 Å². The molecule has 0 fully saturated rings. The van der Waals surface area contributed by atoms with Gasteiger partial charge < -0.3 is 24.1 Å². The van der Waals surface area contributed by atoms with Crippen molar-refractivity contribution in [2.45, 2.75) is 45.9 Å². The zero-order valence-corrected chi connectivity index (χ0v) is 23.6. The molecule has 0 radical (unpaired) electrons. The second kappa shape index (κ2) is 12.3. The highest BCUT2D eigenvalue weighted by molar-refractivity contribution is 14.1. The number of nitrogens with zero attached hydrogens (tertiary/aromatic N) is 3. The minimum Gasteiger partial charge on any atom is -0.497 e. The molecule has 0 aliphatic rings. The van der Waals surface area contributed by atoms with Crippen LogP contribution in [0.5, 0.6) is 11.5 Å². The average molecular weight is 614 g/mol. The van der Waals surface area contributed by atoms with Gasteiger partial charge in [0.25, 0.3) is 0 Å². The number of ether oxygens (including phenoxy) is 3. The molecule has 2 aromatic carbocycles. The third-order valence-electron chi connectivity index (χ3n) is 6.08. The molecule has 9 heteroatoms. The van der Waals surface area contributed by atoms with Crippen LogP contribution in [0.3, 0.4) is 0 Å². The lowest BCUT2D eigenvalue weighted by Crippen LogP contribution is -2.11. The van der Waals surface area contributed by atoms with Crippen LogP contribution in [0.15, 0.2) is 54.9 Å². The fourth-order valence-electron chi connectivity index (χ4n) is 4.27. The van der Waals surface area contributed by atoms with E-state index in [1.54, 1.807) is 20.5 Å². The minimum atomic E-state index is -0.226. The van der Waals surface area contributed by atoms with Crippen molar-refractivity contribution < 1.29 is 19.0 Å². The first-order valence-electron chi connectivity index (χ1n) is 12.1. The lowest BCUT2D eigenvalue weighted by molar-refractivity contribution is -0.144. The predicted octanol–water partition coefficient (Wildman–Crippen LogP) is 5.92. The van der Waals surface area contributed by atoms with E-state index in [1.807, 2.05) is 48.5 Å². The van der Waals surface area contributed by atoms with Crippen LogP contribution in [-0.4, -0.2) is 34.7 Å². The van der Waals surface area contributed by atoms with Crippen molar-refractivity contribution in [2.75, 3.05) is 19.5 Å². The van der Waals surface area contributed by atoms with Crippen molar-refractivity contribution in [3.63, 3.8) is 0 Å². The van der Waals surface area contributed by atoms with E-state index < -0.39 is 0 Å². The number of anilines is 1. The molecule has 1 N–H and O–H groups in total. The number of nitrogens with one attached hydrogen (secondary N) is 1. The Kier molecular flexibility index (Phi) is 8.86. The number of hydrogen-bond donors (Lipinski definition) is 1. The average Bonchev–Trinajstić information content (AvgIpc) is 3.22. The fraction of sp³-hybridized carbons (Fsp3) is 0.321. The summed E-state index contributed by atoms with van der Waals surface area (Å²) < 4.78 is 19.6. The van der Waals surface area contributed by atoms with Gasteiger partial charge in [0, 0.05) is 33.5 Å². The number of fused-ring (bicyclic) bond motifs is 1. The molecule has 8 nitrogen and oxygen atoms in total. The van der Waals surface area contributed by atoms with Crippen LogP contribution in [0.25, 0.3) is 11.0 Å². The van der Waals surface area contributed by atoms with E-state index in [0.29, 0.717) is 13.0 Å². The van der Waals surface area contributed by atoms with Gasteiger partial charge in [-0.15, -0.1) is 0 Å². The zero-order valence-electron chi connectivity index (χ0n) is 21.5. The van der Waals surface area contributed by atoms with Crippen molar-refractivity contribution in [3.05, 3.63) is 75.2 Å². The molecule has 2 aromatic heterocycles. The molecule has 0 aliphatic carbocycles. The quantitative estimate of drug-likeness (QED) is 0.166. The summed E-state index contributed by atoms with van der Waals surface area (Å²) in [5.41, 5.74) is 3.84.